The molecule has 0 fully saturated rings. The molecule has 0 aromatic heterocycles. The van der Waals surface area contributed by atoms with Gasteiger partial charge in [-0.05, 0) is 42.3 Å². The smallest absolute Gasteiger partial charge is 0.338 e. The molecule has 0 amide bonds. The van der Waals surface area contributed by atoms with Crippen molar-refractivity contribution in [2.24, 2.45) is 0 Å². The first kappa shape index (κ1) is 20.2. The molecule has 25 heavy (non-hydrogen) atoms. The van der Waals surface area contributed by atoms with Crippen LogP contribution in [0, 0.1) is 6.92 Å². The lowest BCUT2D eigenvalue weighted by molar-refractivity contribution is -0.126. The van der Waals surface area contributed by atoms with Gasteiger partial charge in [-0.25, -0.2) is 4.79 Å². The predicted molar refractivity (Wildman–Crippen MR) is 96.0 cm³/mol. The molecule has 1 N–H and O–H groups in total. The Morgan fingerprint density at radius 1 is 1.16 bits per heavy atom. The minimum Gasteiger partial charge on any atom is -0.471 e. The lowest BCUT2D eigenvalue weighted by Gasteiger charge is -2.23. The second-order valence-corrected chi connectivity index (χ2v) is 5.16. The van der Waals surface area contributed by atoms with Gasteiger partial charge in [0.1, 0.15) is 0 Å². The largest absolute Gasteiger partial charge is 0.471 e. The average molecular weight is 345 g/mol. The van der Waals surface area contributed by atoms with Gasteiger partial charge < -0.3 is 19.5 Å². The number of carbonyl (C=O) groups is 2. The van der Waals surface area contributed by atoms with Crippen molar-refractivity contribution in [2.75, 3.05) is 26.2 Å². The topological polar surface area (TPSA) is 76.1 Å². The lowest BCUT2D eigenvalue weighted by Crippen LogP contribution is -2.13. The highest BCUT2D eigenvalue weighted by Crippen LogP contribution is 2.29. The number of benzene rings is 2. The monoisotopic (exact) mass is 345 g/mol. The van der Waals surface area contributed by atoms with Crippen LogP contribution < -0.4 is 4.90 Å². The number of esters is 1. The van der Waals surface area contributed by atoms with Crippen LogP contribution in [0.3, 0.4) is 0 Å². The molecule has 0 atom stereocenters. The second kappa shape index (κ2) is 10.1. The van der Waals surface area contributed by atoms with E-state index in [0.29, 0.717) is 12.0 Å². The van der Waals surface area contributed by atoms with E-state index in [2.05, 4.69) is 4.74 Å². The van der Waals surface area contributed by atoms with Crippen LogP contribution in [0.15, 0.2) is 42.5 Å². The van der Waals surface area contributed by atoms with E-state index in [1.165, 1.54) is 14.2 Å². The maximum atomic E-state index is 11.8. The molecule has 2 aromatic rings. The van der Waals surface area contributed by atoms with Crippen LogP contribution in [0.25, 0.3) is 0 Å². The molecule has 0 aliphatic heterocycles. The first-order valence-electron chi connectivity index (χ1n) is 7.58. The zero-order valence-corrected chi connectivity index (χ0v) is 14.9. The number of aliphatic hydroxyl groups excluding tert-OH is 1. The summed E-state index contributed by atoms with van der Waals surface area (Å²) in [6.07, 6.45) is 0. The van der Waals surface area contributed by atoms with Gasteiger partial charge in [0, 0.05) is 18.4 Å². The van der Waals surface area contributed by atoms with Gasteiger partial charge in [0.05, 0.1) is 26.4 Å². The van der Waals surface area contributed by atoms with Crippen LogP contribution >= 0.6 is 0 Å². The van der Waals surface area contributed by atoms with E-state index < -0.39 is 0 Å². The molecular weight excluding hydrogens is 322 g/mol. The first-order chi connectivity index (χ1) is 12.0. The molecule has 2 aromatic carbocycles. The summed E-state index contributed by atoms with van der Waals surface area (Å²) in [5.74, 6) is -0.335. The van der Waals surface area contributed by atoms with E-state index in [-0.39, 0.29) is 12.6 Å². The molecule has 0 aliphatic carbocycles. The Morgan fingerprint density at radius 2 is 1.76 bits per heavy atom. The Kier molecular flexibility index (Phi) is 8.15. The molecule has 0 spiro atoms. The quantitative estimate of drug-likeness (QED) is 0.663. The van der Waals surface area contributed by atoms with Crippen LogP contribution in [-0.4, -0.2) is 38.8 Å². The van der Waals surface area contributed by atoms with E-state index in [1.54, 1.807) is 6.07 Å². The summed E-state index contributed by atoms with van der Waals surface area (Å²) in [7, 11) is 4.64. The SMILES string of the molecule is COC(=O)c1cccc(N(C)c2ccc(CO)cc2)c1C.COC=O. The summed E-state index contributed by atoms with van der Waals surface area (Å²) in [5, 5.41) is 9.09. The van der Waals surface area contributed by atoms with Crippen LogP contribution in [-0.2, 0) is 20.9 Å². The fraction of sp³-hybridized carbons (Fsp3) is 0.263. The van der Waals surface area contributed by atoms with Gasteiger partial charge >= 0.3 is 5.97 Å². The summed E-state index contributed by atoms with van der Waals surface area (Å²) in [6.45, 7) is 2.31. The molecule has 0 bridgehead atoms. The number of carbonyl (C=O) groups excluding carboxylic acids is 2. The fourth-order valence-electron chi connectivity index (χ4n) is 2.28. The molecule has 0 unspecified atom stereocenters. The third-order valence-electron chi connectivity index (χ3n) is 3.67. The summed E-state index contributed by atoms with van der Waals surface area (Å²) in [4.78, 5) is 22.7. The molecule has 0 radical (unpaired) electrons. The van der Waals surface area contributed by atoms with E-state index in [1.807, 2.05) is 55.3 Å². The van der Waals surface area contributed by atoms with E-state index in [0.717, 1.165) is 22.5 Å². The number of hydrogen-bond acceptors (Lipinski definition) is 6. The van der Waals surface area contributed by atoms with Gasteiger partial charge in [-0.3, -0.25) is 4.79 Å². The van der Waals surface area contributed by atoms with Crippen LogP contribution in [0.5, 0.6) is 0 Å². The van der Waals surface area contributed by atoms with Gasteiger partial charge in [0.25, 0.3) is 6.47 Å². The second-order valence-electron chi connectivity index (χ2n) is 5.16. The first-order valence-corrected chi connectivity index (χ1v) is 7.58. The van der Waals surface area contributed by atoms with E-state index >= 15 is 0 Å². The van der Waals surface area contributed by atoms with Gasteiger partial charge in [-0.2, -0.15) is 0 Å². The predicted octanol–water partition coefficient (Wildman–Crippen LogP) is 2.83. The molecule has 6 heteroatoms. The molecule has 2 rings (SSSR count). The van der Waals surface area contributed by atoms with Crippen molar-refractivity contribution in [1.29, 1.82) is 0 Å². The van der Waals surface area contributed by atoms with Crippen molar-refractivity contribution in [3.8, 4) is 0 Å². The zero-order chi connectivity index (χ0) is 18.8. The number of ether oxygens (including phenoxy) is 2. The van der Waals surface area contributed by atoms with Crippen molar-refractivity contribution < 1.29 is 24.2 Å². The maximum absolute atomic E-state index is 11.8. The zero-order valence-electron chi connectivity index (χ0n) is 14.9. The molecule has 0 saturated heterocycles. The molecular formula is C19H23NO5. The number of methoxy groups -OCH3 is 2. The van der Waals surface area contributed by atoms with Crippen molar-refractivity contribution in [2.45, 2.75) is 13.5 Å². The van der Waals surface area contributed by atoms with Crippen LogP contribution in [0.4, 0.5) is 11.4 Å². The Balaban J connectivity index is 0.000000705. The highest BCUT2D eigenvalue weighted by molar-refractivity contribution is 5.93. The average Bonchev–Trinajstić information content (AvgIpc) is 2.67. The third kappa shape index (κ3) is 5.32. The van der Waals surface area contributed by atoms with Crippen LogP contribution in [0.2, 0.25) is 0 Å². The van der Waals surface area contributed by atoms with E-state index in [9.17, 15) is 4.79 Å². The molecule has 0 heterocycles. The van der Waals surface area contributed by atoms with Crippen molar-refractivity contribution in [3.63, 3.8) is 0 Å². The number of anilines is 2. The Bertz CT molecular complexity index is 697. The molecule has 0 aliphatic rings. The normalized spacial score (nSPS) is 9.48. The van der Waals surface area contributed by atoms with E-state index in [4.69, 9.17) is 14.6 Å². The van der Waals surface area contributed by atoms with Gasteiger partial charge in [-0.1, -0.05) is 18.2 Å². The van der Waals surface area contributed by atoms with Gasteiger partial charge in [0.2, 0.25) is 0 Å². The van der Waals surface area contributed by atoms with Gasteiger partial charge in [0.15, 0.2) is 0 Å². The summed E-state index contributed by atoms with van der Waals surface area (Å²) in [5.41, 5.74) is 4.23. The number of nitrogens with zero attached hydrogens (tertiary/aromatic N) is 1. The highest BCUT2D eigenvalue weighted by atomic mass is 16.5. The number of hydrogen-bond donors (Lipinski definition) is 1. The highest BCUT2D eigenvalue weighted by Gasteiger charge is 2.14. The Hall–Kier alpha value is -2.86. The summed E-state index contributed by atoms with van der Waals surface area (Å²) < 4.78 is 8.66. The number of aliphatic hydroxyl groups is 1. The van der Waals surface area contributed by atoms with Gasteiger partial charge in [-0.15, -0.1) is 0 Å². The van der Waals surface area contributed by atoms with Crippen molar-refractivity contribution in [1.82, 2.24) is 0 Å². The lowest BCUT2D eigenvalue weighted by atomic mass is 10.1. The maximum Gasteiger partial charge on any atom is 0.338 e. The molecule has 134 valence electrons. The minimum absolute atomic E-state index is 0.0286. The summed E-state index contributed by atoms with van der Waals surface area (Å²) >= 11 is 0. The number of rotatable bonds is 5. The molecule has 0 saturated carbocycles. The minimum atomic E-state index is -0.335. The van der Waals surface area contributed by atoms with Crippen molar-refractivity contribution >= 4 is 23.8 Å². The Morgan fingerprint density at radius 3 is 2.24 bits per heavy atom. The van der Waals surface area contributed by atoms with Crippen LogP contribution in [0.1, 0.15) is 21.5 Å². The fourth-order valence-corrected chi connectivity index (χ4v) is 2.28. The third-order valence-corrected chi connectivity index (χ3v) is 3.67. The summed E-state index contributed by atoms with van der Waals surface area (Å²) in [6, 6.07) is 13.2. The molecule has 6 nitrogen and oxygen atoms in total. The Labute approximate surface area is 147 Å². The standard InChI is InChI=1S/C17H19NO3.C2H4O2/c1-12-15(17(20)21-3)5-4-6-16(12)18(2)14-9-7-13(11-19)8-10-14;1-4-2-3/h4-10,19H,11H2,1-3H3;2H,1H3. The van der Waals surface area contributed by atoms with Crippen molar-refractivity contribution in [3.05, 3.63) is 59.2 Å².